The van der Waals surface area contributed by atoms with Crippen LogP contribution < -0.4 is 5.32 Å². The molecule has 0 aliphatic rings. The van der Waals surface area contributed by atoms with Crippen LogP contribution in [0.5, 0.6) is 0 Å². The zero-order valence-corrected chi connectivity index (χ0v) is 15.0. The summed E-state index contributed by atoms with van der Waals surface area (Å²) in [5.74, 6) is -0.695. The van der Waals surface area contributed by atoms with Crippen LogP contribution in [-0.2, 0) is 4.79 Å². The van der Waals surface area contributed by atoms with E-state index in [-0.39, 0.29) is 30.3 Å². The van der Waals surface area contributed by atoms with Gasteiger partial charge in [0, 0.05) is 24.1 Å². The Kier molecular flexibility index (Phi) is 5.77. The first kappa shape index (κ1) is 18.5. The molecule has 0 fully saturated rings. The maximum absolute atomic E-state index is 13.1. The molecule has 0 aliphatic carbocycles. The molecule has 3 nitrogen and oxygen atoms in total. The van der Waals surface area contributed by atoms with Crippen molar-refractivity contribution in [1.82, 2.24) is 0 Å². The Hall–Kier alpha value is -3.27. The van der Waals surface area contributed by atoms with Crippen LogP contribution in [0.15, 0.2) is 72.8 Å². The number of ketones is 1. The Morgan fingerprint density at radius 2 is 1.52 bits per heavy atom. The molecule has 0 saturated heterocycles. The molecule has 27 heavy (non-hydrogen) atoms. The molecule has 0 aromatic heterocycles. The lowest BCUT2D eigenvalue weighted by Gasteiger charge is -2.08. The van der Waals surface area contributed by atoms with E-state index < -0.39 is 0 Å². The number of hydrogen-bond acceptors (Lipinski definition) is 2. The van der Waals surface area contributed by atoms with Crippen molar-refractivity contribution in [2.75, 3.05) is 5.32 Å². The molecule has 0 bridgehead atoms. The van der Waals surface area contributed by atoms with Crippen molar-refractivity contribution in [1.29, 1.82) is 0 Å². The molecule has 0 radical (unpaired) electrons. The summed E-state index contributed by atoms with van der Waals surface area (Å²) in [4.78, 5) is 24.4. The third-order valence-corrected chi connectivity index (χ3v) is 4.36. The van der Waals surface area contributed by atoms with Crippen LogP contribution in [-0.4, -0.2) is 11.7 Å². The third kappa shape index (κ3) is 4.88. The van der Waals surface area contributed by atoms with E-state index in [1.165, 1.54) is 18.2 Å². The highest BCUT2D eigenvalue weighted by atomic mass is 19.1. The topological polar surface area (TPSA) is 46.2 Å². The highest BCUT2D eigenvalue weighted by Gasteiger charge is 2.11. The Bertz CT molecular complexity index is 950. The van der Waals surface area contributed by atoms with Crippen molar-refractivity contribution in [3.8, 4) is 11.1 Å². The molecule has 3 aromatic rings. The van der Waals surface area contributed by atoms with Crippen LogP contribution in [0, 0.1) is 12.7 Å². The van der Waals surface area contributed by atoms with Crippen LogP contribution in [0.2, 0.25) is 0 Å². The quantitative estimate of drug-likeness (QED) is 0.597. The first-order valence-corrected chi connectivity index (χ1v) is 8.77. The summed E-state index contributed by atoms with van der Waals surface area (Å²) in [6.07, 6.45) is 0.201. The molecule has 1 amide bonds. The Morgan fingerprint density at radius 1 is 0.852 bits per heavy atom. The summed E-state index contributed by atoms with van der Waals surface area (Å²) in [6, 6.07) is 21.5. The molecular weight excluding hydrogens is 341 g/mol. The fourth-order valence-electron chi connectivity index (χ4n) is 2.83. The van der Waals surface area contributed by atoms with Gasteiger partial charge in [0.05, 0.1) is 0 Å². The Morgan fingerprint density at radius 3 is 2.19 bits per heavy atom. The van der Waals surface area contributed by atoms with E-state index >= 15 is 0 Å². The van der Waals surface area contributed by atoms with E-state index in [1.54, 1.807) is 19.1 Å². The van der Waals surface area contributed by atoms with E-state index in [0.717, 1.165) is 11.1 Å². The molecule has 0 heterocycles. The zero-order chi connectivity index (χ0) is 19.2. The van der Waals surface area contributed by atoms with Crippen LogP contribution >= 0.6 is 0 Å². The molecule has 3 aromatic carbocycles. The molecule has 0 unspecified atom stereocenters. The van der Waals surface area contributed by atoms with Gasteiger partial charge in [-0.2, -0.15) is 0 Å². The van der Waals surface area contributed by atoms with Crippen LogP contribution in [0.4, 0.5) is 10.1 Å². The Balaban J connectivity index is 1.56. The van der Waals surface area contributed by atoms with E-state index in [9.17, 15) is 14.0 Å². The van der Waals surface area contributed by atoms with Crippen molar-refractivity contribution < 1.29 is 14.0 Å². The number of carbonyl (C=O) groups excluding carboxylic acids is 2. The van der Waals surface area contributed by atoms with Crippen LogP contribution in [0.3, 0.4) is 0 Å². The molecule has 3 rings (SSSR count). The van der Waals surface area contributed by atoms with E-state index in [4.69, 9.17) is 0 Å². The number of hydrogen-bond donors (Lipinski definition) is 1. The molecule has 0 aliphatic heterocycles. The summed E-state index contributed by atoms with van der Waals surface area (Å²) in [6.45, 7) is 1.72. The SMILES string of the molecule is Cc1cc(F)ccc1NC(=O)CCC(=O)c1ccc(-c2ccccc2)cc1. The normalized spacial score (nSPS) is 10.4. The van der Waals surface area contributed by atoms with Gasteiger partial charge in [-0.25, -0.2) is 4.39 Å². The second-order valence-corrected chi connectivity index (χ2v) is 6.37. The number of aryl methyl sites for hydroxylation is 1. The Labute approximate surface area is 157 Å². The number of nitrogens with one attached hydrogen (secondary N) is 1. The number of Topliss-reactive ketones (excluding diaryl/α,β-unsaturated/α-hetero) is 1. The van der Waals surface area contributed by atoms with Gasteiger partial charge in [-0.05, 0) is 41.8 Å². The average molecular weight is 361 g/mol. The minimum Gasteiger partial charge on any atom is -0.326 e. The lowest BCUT2D eigenvalue weighted by Crippen LogP contribution is -2.14. The van der Waals surface area contributed by atoms with Gasteiger partial charge in [-0.3, -0.25) is 9.59 Å². The lowest BCUT2D eigenvalue weighted by molar-refractivity contribution is -0.116. The number of rotatable bonds is 6. The number of anilines is 1. The molecular formula is C23H20FNO2. The highest BCUT2D eigenvalue weighted by Crippen LogP contribution is 2.20. The molecule has 136 valence electrons. The van der Waals surface area contributed by atoms with Gasteiger partial charge in [-0.1, -0.05) is 54.6 Å². The maximum Gasteiger partial charge on any atom is 0.224 e. The molecule has 4 heteroatoms. The van der Waals surface area contributed by atoms with Gasteiger partial charge >= 0.3 is 0 Å². The molecule has 0 saturated carbocycles. The minimum atomic E-state index is -0.348. The fraction of sp³-hybridized carbons (Fsp3) is 0.130. The first-order chi connectivity index (χ1) is 13.0. The van der Waals surface area contributed by atoms with E-state index in [1.807, 2.05) is 42.5 Å². The van der Waals surface area contributed by atoms with Crippen molar-refractivity contribution in [3.63, 3.8) is 0 Å². The molecule has 1 N–H and O–H groups in total. The summed E-state index contributed by atoms with van der Waals surface area (Å²) >= 11 is 0. The predicted octanol–water partition coefficient (Wildman–Crippen LogP) is 5.40. The van der Waals surface area contributed by atoms with Gasteiger partial charge in [0.1, 0.15) is 5.82 Å². The largest absolute Gasteiger partial charge is 0.326 e. The first-order valence-electron chi connectivity index (χ1n) is 8.77. The number of halogens is 1. The summed E-state index contributed by atoms with van der Waals surface area (Å²) in [5, 5.41) is 2.72. The third-order valence-electron chi connectivity index (χ3n) is 4.36. The average Bonchev–Trinajstić information content (AvgIpc) is 2.69. The van der Waals surface area contributed by atoms with Gasteiger partial charge in [-0.15, -0.1) is 0 Å². The van der Waals surface area contributed by atoms with Gasteiger partial charge in [0.25, 0.3) is 0 Å². The fourth-order valence-corrected chi connectivity index (χ4v) is 2.83. The number of benzene rings is 3. The monoisotopic (exact) mass is 361 g/mol. The lowest BCUT2D eigenvalue weighted by atomic mass is 10.0. The highest BCUT2D eigenvalue weighted by molar-refractivity contribution is 6.00. The van der Waals surface area contributed by atoms with Crippen molar-refractivity contribution in [3.05, 3.63) is 89.7 Å². The van der Waals surface area contributed by atoms with E-state index in [2.05, 4.69) is 5.32 Å². The second-order valence-electron chi connectivity index (χ2n) is 6.37. The van der Waals surface area contributed by atoms with Crippen LogP contribution in [0.1, 0.15) is 28.8 Å². The summed E-state index contributed by atoms with van der Waals surface area (Å²) in [5.41, 5.74) is 3.91. The predicted molar refractivity (Wildman–Crippen MR) is 105 cm³/mol. The molecule has 0 spiro atoms. The zero-order valence-electron chi connectivity index (χ0n) is 15.0. The standard InChI is InChI=1S/C23H20FNO2/c1-16-15-20(24)11-12-21(16)25-23(27)14-13-22(26)19-9-7-18(8-10-19)17-5-3-2-4-6-17/h2-12,15H,13-14H2,1H3,(H,25,27). The van der Waals surface area contributed by atoms with Gasteiger partial charge in [0.2, 0.25) is 5.91 Å². The molecule has 0 atom stereocenters. The van der Waals surface area contributed by atoms with E-state index in [0.29, 0.717) is 16.8 Å². The van der Waals surface area contributed by atoms with Crippen molar-refractivity contribution in [2.24, 2.45) is 0 Å². The summed E-state index contributed by atoms with van der Waals surface area (Å²) < 4.78 is 13.1. The second kappa shape index (κ2) is 8.41. The van der Waals surface area contributed by atoms with Crippen molar-refractivity contribution in [2.45, 2.75) is 19.8 Å². The van der Waals surface area contributed by atoms with Gasteiger partial charge < -0.3 is 5.32 Å². The number of carbonyl (C=O) groups is 2. The smallest absolute Gasteiger partial charge is 0.224 e. The maximum atomic E-state index is 13.1. The van der Waals surface area contributed by atoms with Gasteiger partial charge in [0.15, 0.2) is 5.78 Å². The number of amides is 1. The summed E-state index contributed by atoms with van der Waals surface area (Å²) in [7, 11) is 0. The minimum absolute atomic E-state index is 0.0795. The van der Waals surface area contributed by atoms with Crippen molar-refractivity contribution >= 4 is 17.4 Å². The van der Waals surface area contributed by atoms with Crippen LogP contribution in [0.25, 0.3) is 11.1 Å².